The summed E-state index contributed by atoms with van der Waals surface area (Å²) in [6, 6.07) is 14.9. The minimum absolute atomic E-state index is 0.0942. The predicted molar refractivity (Wildman–Crippen MR) is 107 cm³/mol. The zero-order chi connectivity index (χ0) is 21.3. The summed E-state index contributed by atoms with van der Waals surface area (Å²) < 4.78 is 0. The van der Waals surface area contributed by atoms with Crippen molar-refractivity contribution in [1.82, 2.24) is 9.80 Å². The zero-order valence-electron chi connectivity index (χ0n) is 16.2. The fourth-order valence-electron chi connectivity index (χ4n) is 4.08. The standard InChI is InChI=1S/C23H19N3O4/c24-13-6-5-7-15(26-22(29)18-10-3-4-11-19(18)23(26)30)12-14-25-20(27)16-8-1-2-9-17(16)21(25)28/h1-4,8-11,15H,5-7,12,14H2. The Balaban J connectivity index is 1.54. The van der Waals surface area contributed by atoms with Crippen LogP contribution in [0.3, 0.4) is 0 Å². The number of rotatable bonds is 7. The first kappa shape index (κ1) is 19.5. The van der Waals surface area contributed by atoms with Crippen LogP contribution in [0.4, 0.5) is 0 Å². The van der Waals surface area contributed by atoms with Gasteiger partial charge in [0.05, 0.1) is 28.3 Å². The number of carbonyl (C=O) groups is 4. The smallest absolute Gasteiger partial charge is 0.261 e. The number of amides is 4. The first-order valence-corrected chi connectivity index (χ1v) is 9.83. The third-order valence-electron chi connectivity index (χ3n) is 5.58. The van der Waals surface area contributed by atoms with Gasteiger partial charge in [-0.05, 0) is 43.5 Å². The molecule has 2 heterocycles. The summed E-state index contributed by atoms with van der Waals surface area (Å²) in [4.78, 5) is 53.4. The van der Waals surface area contributed by atoms with Gasteiger partial charge in [0.1, 0.15) is 0 Å². The molecule has 2 aromatic rings. The molecule has 0 N–H and O–H groups in total. The van der Waals surface area contributed by atoms with Gasteiger partial charge in [0.2, 0.25) is 0 Å². The van der Waals surface area contributed by atoms with E-state index in [2.05, 4.69) is 6.07 Å². The molecule has 0 fully saturated rings. The number of hydrogen-bond acceptors (Lipinski definition) is 5. The van der Waals surface area contributed by atoms with Gasteiger partial charge in [0.15, 0.2) is 0 Å². The number of hydrogen-bond donors (Lipinski definition) is 0. The van der Waals surface area contributed by atoms with E-state index in [1.807, 2.05) is 0 Å². The Morgan fingerprint density at radius 1 is 0.733 bits per heavy atom. The van der Waals surface area contributed by atoms with Crippen LogP contribution < -0.4 is 0 Å². The molecular formula is C23H19N3O4. The first-order valence-electron chi connectivity index (χ1n) is 9.83. The molecule has 4 amide bonds. The lowest BCUT2D eigenvalue weighted by atomic mass is 10.0. The van der Waals surface area contributed by atoms with Gasteiger partial charge >= 0.3 is 0 Å². The number of fused-ring (bicyclic) bond motifs is 2. The lowest BCUT2D eigenvalue weighted by molar-refractivity contribution is 0.0545. The second kappa shape index (κ2) is 7.91. The minimum Gasteiger partial charge on any atom is -0.274 e. The van der Waals surface area contributed by atoms with Gasteiger partial charge in [-0.15, -0.1) is 0 Å². The Hall–Kier alpha value is -3.79. The molecule has 0 aromatic heterocycles. The molecule has 7 nitrogen and oxygen atoms in total. The number of carbonyl (C=O) groups excluding carboxylic acids is 4. The van der Waals surface area contributed by atoms with Crippen LogP contribution in [0.25, 0.3) is 0 Å². The molecule has 0 bridgehead atoms. The maximum Gasteiger partial charge on any atom is 0.261 e. The molecule has 0 spiro atoms. The number of nitrogens with zero attached hydrogens (tertiary/aromatic N) is 3. The molecule has 2 aliphatic heterocycles. The first-order chi connectivity index (χ1) is 14.5. The van der Waals surface area contributed by atoms with Crippen LogP contribution in [0.2, 0.25) is 0 Å². The molecule has 0 saturated carbocycles. The van der Waals surface area contributed by atoms with Crippen LogP contribution in [0, 0.1) is 11.3 Å². The van der Waals surface area contributed by atoms with Crippen molar-refractivity contribution in [2.24, 2.45) is 0 Å². The summed E-state index contributed by atoms with van der Waals surface area (Å²) in [7, 11) is 0. The maximum atomic E-state index is 12.9. The Labute approximate surface area is 173 Å². The second-order valence-corrected chi connectivity index (χ2v) is 7.33. The fraction of sp³-hybridized carbons (Fsp3) is 0.261. The van der Waals surface area contributed by atoms with E-state index in [4.69, 9.17) is 5.26 Å². The zero-order valence-corrected chi connectivity index (χ0v) is 16.2. The van der Waals surface area contributed by atoms with Gasteiger partial charge in [0.25, 0.3) is 23.6 Å². The normalized spacial score (nSPS) is 16.0. The summed E-state index contributed by atoms with van der Waals surface area (Å²) >= 11 is 0. The number of unbranched alkanes of at least 4 members (excludes halogenated alkanes) is 1. The van der Waals surface area contributed by atoms with E-state index in [-0.39, 0.29) is 36.6 Å². The Morgan fingerprint density at radius 2 is 1.20 bits per heavy atom. The highest BCUT2D eigenvalue weighted by Gasteiger charge is 2.41. The summed E-state index contributed by atoms with van der Waals surface area (Å²) in [6.07, 6.45) is 1.51. The molecule has 7 heteroatoms. The van der Waals surface area contributed by atoms with E-state index in [1.165, 1.54) is 9.80 Å². The average molecular weight is 401 g/mol. The summed E-state index contributed by atoms with van der Waals surface area (Å²) in [5.41, 5.74) is 1.44. The van der Waals surface area contributed by atoms with E-state index >= 15 is 0 Å². The third-order valence-corrected chi connectivity index (χ3v) is 5.58. The van der Waals surface area contributed by atoms with Crippen molar-refractivity contribution in [2.75, 3.05) is 6.54 Å². The van der Waals surface area contributed by atoms with E-state index in [9.17, 15) is 19.2 Å². The minimum atomic E-state index is -0.505. The van der Waals surface area contributed by atoms with Gasteiger partial charge in [-0.1, -0.05) is 24.3 Å². The van der Waals surface area contributed by atoms with Crippen molar-refractivity contribution < 1.29 is 19.2 Å². The van der Waals surface area contributed by atoms with E-state index in [0.717, 1.165) is 0 Å². The van der Waals surface area contributed by atoms with Crippen LogP contribution in [-0.4, -0.2) is 46.0 Å². The largest absolute Gasteiger partial charge is 0.274 e. The summed E-state index contributed by atoms with van der Waals surface area (Å²) in [6.45, 7) is 0.0942. The molecular weight excluding hydrogens is 382 g/mol. The molecule has 150 valence electrons. The quantitative estimate of drug-likeness (QED) is 0.525. The van der Waals surface area contributed by atoms with Crippen molar-refractivity contribution >= 4 is 23.6 Å². The average Bonchev–Trinajstić information content (AvgIpc) is 3.16. The highest BCUT2D eigenvalue weighted by atomic mass is 16.2. The summed E-state index contributed by atoms with van der Waals surface area (Å²) in [5.74, 6) is -1.48. The fourth-order valence-corrected chi connectivity index (χ4v) is 4.08. The van der Waals surface area contributed by atoms with E-state index < -0.39 is 6.04 Å². The molecule has 1 atom stereocenters. The molecule has 2 aliphatic rings. The van der Waals surface area contributed by atoms with Gasteiger partial charge in [0, 0.05) is 19.0 Å². The van der Waals surface area contributed by atoms with Crippen molar-refractivity contribution in [2.45, 2.75) is 31.7 Å². The van der Waals surface area contributed by atoms with Crippen molar-refractivity contribution in [3.8, 4) is 6.07 Å². The van der Waals surface area contributed by atoms with Crippen LogP contribution in [-0.2, 0) is 0 Å². The predicted octanol–water partition coefficient (Wildman–Crippen LogP) is 3.03. The molecule has 2 aromatic carbocycles. The Morgan fingerprint density at radius 3 is 1.67 bits per heavy atom. The van der Waals surface area contributed by atoms with Gasteiger partial charge in [-0.3, -0.25) is 29.0 Å². The van der Waals surface area contributed by atoms with Crippen molar-refractivity contribution in [1.29, 1.82) is 5.26 Å². The maximum absolute atomic E-state index is 12.9. The molecule has 0 radical (unpaired) electrons. The third kappa shape index (κ3) is 3.16. The molecule has 0 aliphatic carbocycles. The molecule has 30 heavy (non-hydrogen) atoms. The van der Waals surface area contributed by atoms with Crippen LogP contribution >= 0.6 is 0 Å². The van der Waals surface area contributed by atoms with Crippen molar-refractivity contribution in [3.63, 3.8) is 0 Å². The van der Waals surface area contributed by atoms with Gasteiger partial charge < -0.3 is 0 Å². The lowest BCUT2D eigenvalue weighted by Crippen LogP contribution is -2.42. The Bertz CT molecular complexity index is 1030. The molecule has 4 rings (SSSR count). The van der Waals surface area contributed by atoms with Gasteiger partial charge in [-0.2, -0.15) is 5.26 Å². The van der Waals surface area contributed by atoms with Crippen molar-refractivity contribution in [3.05, 3.63) is 70.8 Å². The van der Waals surface area contributed by atoms with Gasteiger partial charge in [-0.25, -0.2) is 0 Å². The SMILES string of the molecule is N#CCCCC(CCN1C(=O)c2ccccc2C1=O)N1C(=O)c2ccccc2C1=O. The van der Waals surface area contributed by atoms with E-state index in [1.54, 1.807) is 48.5 Å². The highest BCUT2D eigenvalue weighted by molar-refractivity contribution is 6.22. The van der Waals surface area contributed by atoms with Crippen LogP contribution in [0.15, 0.2) is 48.5 Å². The van der Waals surface area contributed by atoms with Crippen LogP contribution in [0.1, 0.15) is 67.1 Å². The summed E-state index contributed by atoms with van der Waals surface area (Å²) in [5, 5.41) is 8.87. The number of imide groups is 2. The Kier molecular flexibility index (Phi) is 5.15. The molecule has 1 unspecified atom stereocenters. The number of nitriles is 1. The van der Waals surface area contributed by atoms with E-state index in [0.29, 0.717) is 41.5 Å². The monoisotopic (exact) mass is 401 g/mol. The van der Waals surface area contributed by atoms with Crippen LogP contribution in [0.5, 0.6) is 0 Å². The second-order valence-electron chi connectivity index (χ2n) is 7.33. The highest BCUT2D eigenvalue weighted by Crippen LogP contribution is 2.29. The molecule has 0 saturated heterocycles. The number of benzene rings is 2. The lowest BCUT2D eigenvalue weighted by Gasteiger charge is -2.27. The topological polar surface area (TPSA) is 98.5 Å².